The summed E-state index contributed by atoms with van der Waals surface area (Å²) in [7, 11) is 1.60. The number of aromatic nitrogens is 3. The third-order valence-electron chi connectivity index (χ3n) is 3.58. The molecule has 138 valence electrons. The minimum atomic E-state index is -1.06. The van der Waals surface area contributed by atoms with E-state index in [9.17, 15) is 4.79 Å². The number of carboxylic acid groups (broad SMARTS) is 1. The van der Waals surface area contributed by atoms with Gasteiger partial charge in [-0.1, -0.05) is 12.1 Å². The Labute approximate surface area is 159 Å². The van der Waals surface area contributed by atoms with E-state index in [1.54, 1.807) is 31.4 Å². The van der Waals surface area contributed by atoms with Crippen LogP contribution in [0.1, 0.15) is 5.56 Å². The zero-order chi connectivity index (χ0) is 19.2. The first kappa shape index (κ1) is 18.3. The Morgan fingerprint density at radius 1 is 1.30 bits per heavy atom. The number of rotatable bonds is 7. The fourth-order valence-corrected chi connectivity index (χ4v) is 2.48. The Kier molecular flexibility index (Phi) is 5.62. The van der Waals surface area contributed by atoms with Crippen LogP contribution in [0.5, 0.6) is 11.5 Å². The highest BCUT2D eigenvalue weighted by Gasteiger charge is 2.09. The van der Waals surface area contributed by atoms with Crippen molar-refractivity contribution in [3.05, 3.63) is 58.9 Å². The lowest BCUT2D eigenvalue weighted by atomic mass is 10.2. The molecule has 0 bridgehead atoms. The number of aliphatic carboxylic acids is 1. The molecule has 0 fully saturated rings. The average Bonchev–Trinajstić information content (AvgIpc) is 3.05. The van der Waals surface area contributed by atoms with Gasteiger partial charge < -0.3 is 14.6 Å². The van der Waals surface area contributed by atoms with Gasteiger partial charge in [0.2, 0.25) is 4.77 Å². The molecule has 0 atom stereocenters. The molecule has 3 rings (SSSR count). The SMILES string of the molecule is COc1ccc(-c2n[nH]c(=S)n2N=Cc2ccccc2OCC(=O)O)cc1. The number of nitrogens with zero attached hydrogens (tertiary/aromatic N) is 3. The van der Waals surface area contributed by atoms with Crippen molar-refractivity contribution < 1.29 is 19.4 Å². The van der Waals surface area contributed by atoms with Gasteiger partial charge in [-0.2, -0.15) is 14.9 Å². The minimum Gasteiger partial charge on any atom is -0.497 e. The molecule has 0 radical (unpaired) electrons. The second-order valence-corrected chi connectivity index (χ2v) is 5.74. The van der Waals surface area contributed by atoms with Gasteiger partial charge >= 0.3 is 5.97 Å². The van der Waals surface area contributed by atoms with E-state index in [0.29, 0.717) is 21.9 Å². The standard InChI is InChI=1S/C18H16N4O4S/c1-25-14-8-6-12(7-9-14)17-20-21-18(27)22(17)19-10-13-4-2-3-5-15(13)26-11-16(23)24/h2-10H,11H2,1H3,(H,21,27)(H,23,24). The lowest BCUT2D eigenvalue weighted by Gasteiger charge is -2.06. The van der Waals surface area contributed by atoms with Gasteiger partial charge in [0.05, 0.1) is 13.3 Å². The van der Waals surface area contributed by atoms with Crippen molar-refractivity contribution in [3.8, 4) is 22.9 Å². The normalized spacial score (nSPS) is 10.9. The number of benzene rings is 2. The van der Waals surface area contributed by atoms with Crippen LogP contribution in [0.25, 0.3) is 11.4 Å². The van der Waals surface area contributed by atoms with Crippen molar-refractivity contribution in [2.24, 2.45) is 5.10 Å². The zero-order valence-corrected chi connectivity index (χ0v) is 15.1. The maximum absolute atomic E-state index is 10.7. The number of carboxylic acids is 1. The number of para-hydroxylation sites is 1. The van der Waals surface area contributed by atoms with Crippen molar-refractivity contribution in [1.29, 1.82) is 0 Å². The average molecular weight is 384 g/mol. The number of nitrogens with one attached hydrogen (secondary N) is 1. The minimum absolute atomic E-state index is 0.320. The highest BCUT2D eigenvalue weighted by Crippen LogP contribution is 2.21. The number of methoxy groups -OCH3 is 1. The van der Waals surface area contributed by atoms with Gasteiger partial charge in [0.1, 0.15) is 11.5 Å². The number of hydrogen-bond donors (Lipinski definition) is 2. The highest BCUT2D eigenvalue weighted by molar-refractivity contribution is 7.71. The monoisotopic (exact) mass is 384 g/mol. The molecule has 9 heteroatoms. The summed E-state index contributed by atoms with van der Waals surface area (Å²) in [5.74, 6) is 0.612. The Bertz CT molecular complexity index is 1020. The van der Waals surface area contributed by atoms with Crippen molar-refractivity contribution >= 4 is 24.4 Å². The second-order valence-electron chi connectivity index (χ2n) is 5.36. The van der Waals surface area contributed by atoms with E-state index >= 15 is 0 Å². The Morgan fingerprint density at radius 2 is 2.04 bits per heavy atom. The molecule has 2 aromatic carbocycles. The van der Waals surface area contributed by atoms with E-state index in [1.807, 2.05) is 24.3 Å². The molecule has 0 spiro atoms. The first-order chi connectivity index (χ1) is 13.1. The van der Waals surface area contributed by atoms with Crippen LogP contribution in [0.4, 0.5) is 0 Å². The first-order valence-electron chi connectivity index (χ1n) is 7.88. The molecular formula is C18H16N4O4S. The Balaban J connectivity index is 1.91. The van der Waals surface area contributed by atoms with Crippen molar-refractivity contribution in [1.82, 2.24) is 14.9 Å². The number of carbonyl (C=O) groups is 1. The molecule has 27 heavy (non-hydrogen) atoms. The van der Waals surface area contributed by atoms with E-state index in [0.717, 1.165) is 11.3 Å². The zero-order valence-electron chi connectivity index (χ0n) is 14.3. The molecular weight excluding hydrogens is 368 g/mol. The van der Waals surface area contributed by atoms with E-state index < -0.39 is 12.6 Å². The number of H-pyrrole nitrogens is 1. The van der Waals surface area contributed by atoms with Crippen molar-refractivity contribution in [3.63, 3.8) is 0 Å². The van der Waals surface area contributed by atoms with Gasteiger partial charge in [-0.3, -0.25) is 0 Å². The topological polar surface area (TPSA) is 102 Å². The van der Waals surface area contributed by atoms with Gasteiger partial charge in [0, 0.05) is 11.1 Å². The molecule has 1 aromatic heterocycles. The maximum atomic E-state index is 10.7. The summed E-state index contributed by atoms with van der Waals surface area (Å²) in [6.45, 7) is -0.437. The molecule has 2 N–H and O–H groups in total. The van der Waals surface area contributed by atoms with Gasteiger partial charge in [-0.05, 0) is 48.6 Å². The molecule has 0 aliphatic rings. The molecule has 0 saturated heterocycles. The molecule has 0 aliphatic heterocycles. The third-order valence-corrected chi connectivity index (χ3v) is 3.85. The van der Waals surface area contributed by atoms with E-state index in [-0.39, 0.29) is 0 Å². The summed E-state index contributed by atoms with van der Waals surface area (Å²) in [6, 6.07) is 14.3. The van der Waals surface area contributed by atoms with Crippen molar-refractivity contribution in [2.75, 3.05) is 13.7 Å². The Hall–Kier alpha value is -3.46. The predicted molar refractivity (Wildman–Crippen MR) is 102 cm³/mol. The maximum Gasteiger partial charge on any atom is 0.341 e. The summed E-state index contributed by atoms with van der Waals surface area (Å²) in [4.78, 5) is 10.7. The van der Waals surface area contributed by atoms with Crippen LogP contribution in [-0.4, -0.2) is 45.9 Å². The molecule has 0 aliphatic carbocycles. The van der Waals surface area contributed by atoms with E-state index in [2.05, 4.69) is 15.3 Å². The van der Waals surface area contributed by atoms with Gasteiger partial charge in [0.15, 0.2) is 12.4 Å². The molecule has 1 heterocycles. The van der Waals surface area contributed by atoms with Crippen molar-refractivity contribution in [2.45, 2.75) is 0 Å². The van der Waals surface area contributed by atoms with Crippen LogP contribution < -0.4 is 9.47 Å². The fraction of sp³-hybridized carbons (Fsp3) is 0.111. The summed E-state index contributed by atoms with van der Waals surface area (Å²) in [5, 5.41) is 20.1. The number of hydrogen-bond acceptors (Lipinski definition) is 6. The first-order valence-corrected chi connectivity index (χ1v) is 8.29. The quantitative estimate of drug-likeness (QED) is 0.480. The second kappa shape index (κ2) is 8.28. The largest absolute Gasteiger partial charge is 0.497 e. The van der Waals surface area contributed by atoms with Crippen LogP contribution >= 0.6 is 12.2 Å². The number of aromatic amines is 1. The number of ether oxygens (including phenoxy) is 2. The summed E-state index contributed by atoms with van der Waals surface area (Å²) in [6.07, 6.45) is 1.54. The van der Waals surface area contributed by atoms with E-state index in [1.165, 1.54) is 10.9 Å². The third kappa shape index (κ3) is 4.39. The summed E-state index contributed by atoms with van der Waals surface area (Å²) < 4.78 is 12.2. The van der Waals surface area contributed by atoms with E-state index in [4.69, 9.17) is 26.8 Å². The van der Waals surface area contributed by atoms with Gasteiger partial charge in [-0.15, -0.1) is 0 Å². The smallest absolute Gasteiger partial charge is 0.341 e. The molecule has 8 nitrogen and oxygen atoms in total. The molecule has 0 unspecified atom stereocenters. The van der Waals surface area contributed by atoms with Crippen LogP contribution in [-0.2, 0) is 4.79 Å². The lowest BCUT2D eigenvalue weighted by Crippen LogP contribution is -2.10. The lowest BCUT2D eigenvalue weighted by molar-refractivity contribution is -0.139. The molecule has 3 aromatic rings. The van der Waals surface area contributed by atoms with Gasteiger partial charge in [0.25, 0.3) is 0 Å². The van der Waals surface area contributed by atoms with Crippen LogP contribution in [0.2, 0.25) is 0 Å². The van der Waals surface area contributed by atoms with Gasteiger partial charge in [-0.25, -0.2) is 9.89 Å². The summed E-state index contributed by atoms with van der Waals surface area (Å²) in [5.41, 5.74) is 1.42. The molecule has 0 saturated carbocycles. The predicted octanol–water partition coefficient (Wildman–Crippen LogP) is 2.96. The van der Waals surface area contributed by atoms with Crippen LogP contribution in [0, 0.1) is 4.77 Å². The van der Waals surface area contributed by atoms with Crippen LogP contribution in [0.3, 0.4) is 0 Å². The van der Waals surface area contributed by atoms with Crippen LogP contribution in [0.15, 0.2) is 53.6 Å². The summed E-state index contributed by atoms with van der Waals surface area (Å²) >= 11 is 5.25. The molecule has 0 amide bonds. The Morgan fingerprint density at radius 3 is 2.74 bits per heavy atom. The fourth-order valence-electron chi connectivity index (χ4n) is 2.30. The highest BCUT2D eigenvalue weighted by atomic mass is 32.1.